The summed E-state index contributed by atoms with van der Waals surface area (Å²) in [6, 6.07) is 7.21. The second-order valence-corrected chi connectivity index (χ2v) is 5.02. The molecule has 0 aromatic carbocycles. The van der Waals surface area contributed by atoms with Gasteiger partial charge in [-0.1, -0.05) is 6.07 Å². The predicted molar refractivity (Wildman–Crippen MR) is 81.4 cm³/mol. The number of carbonyl (C=O) groups is 1. The molecule has 3 aromatic rings. The molecule has 104 valence electrons. The second kappa shape index (κ2) is 5.68. The Hall–Kier alpha value is -2.80. The molecule has 0 saturated carbocycles. The third-order valence-corrected chi connectivity index (χ3v) is 3.52. The summed E-state index contributed by atoms with van der Waals surface area (Å²) in [6.07, 6.45) is 4.78. The van der Waals surface area contributed by atoms with Crippen LogP contribution in [-0.2, 0) is 0 Å². The summed E-state index contributed by atoms with van der Waals surface area (Å²) in [5.74, 6) is -0.513. The average molecular weight is 297 g/mol. The number of amides is 1. The van der Waals surface area contributed by atoms with Crippen molar-refractivity contribution in [3.8, 4) is 11.4 Å². The molecule has 0 aliphatic carbocycles. The van der Waals surface area contributed by atoms with Gasteiger partial charge in [-0.2, -0.15) is 0 Å². The quantitative estimate of drug-likeness (QED) is 0.771. The number of nitrogens with one attached hydrogen (secondary N) is 1. The largest absolute Gasteiger partial charge is 0.366 e. The zero-order valence-corrected chi connectivity index (χ0v) is 11.7. The number of pyridine rings is 2. The molecule has 0 bridgehead atoms. The van der Waals surface area contributed by atoms with E-state index >= 15 is 0 Å². The third-order valence-electron chi connectivity index (χ3n) is 2.76. The minimum absolute atomic E-state index is 0.375. The summed E-state index contributed by atoms with van der Waals surface area (Å²) in [6.45, 7) is 0. The summed E-state index contributed by atoms with van der Waals surface area (Å²) < 4.78 is 0. The van der Waals surface area contributed by atoms with Gasteiger partial charge in [-0.3, -0.25) is 14.8 Å². The number of rotatable bonds is 4. The molecular weight excluding hydrogens is 286 g/mol. The van der Waals surface area contributed by atoms with E-state index in [1.807, 2.05) is 23.6 Å². The fraction of sp³-hybridized carbons (Fsp3) is 0. The molecule has 0 atom stereocenters. The molecule has 0 unspecified atom stereocenters. The van der Waals surface area contributed by atoms with Crippen molar-refractivity contribution in [2.24, 2.45) is 5.73 Å². The summed E-state index contributed by atoms with van der Waals surface area (Å²) >= 11 is 1.42. The number of aromatic nitrogens is 3. The first kappa shape index (κ1) is 13.2. The molecule has 3 rings (SSSR count). The zero-order chi connectivity index (χ0) is 14.7. The predicted octanol–water partition coefficient (Wildman–Crippen LogP) is 2.44. The number of nitrogens with zero attached hydrogens (tertiary/aromatic N) is 3. The van der Waals surface area contributed by atoms with Crippen LogP contribution in [0.1, 0.15) is 10.4 Å². The maximum Gasteiger partial charge on any atom is 0.250 e. The number of hydrogen-bond acceptors (Lipinski definition) is 6. The van der Waals surface area contributed by atoms with Gasteiger partial charge in [0.15, 0.2) is 5.13 Å². The SMILES string of the molecule is NC(=O)c1ccncc1Nc1nc(-c2ccccn2)cs1. The first-order chi connectivity index (χ1) is 10.2. The van der Waals surface area contributed by atoms with Gasteiger partial charge in [-0.15, -0.1) is 11.3 Å². The van der Waals surface area contributed by atoms with Crippen molar-refractivity contribution in [1.29, 1.82) is 0 Å². The molecule has 0 spiro atoms. The topological polar surface area (TPSA) is 93.8 Å². The van der Waals surface area contributed by atoms with Gasteiger partial charge in [0.05, 0.1) is 23.1 Å². The first-order valence-electron chi connectivity index (χ1n) is 6.12. The lowest BCUT2D eigenvalue weighted by atomic mass is 10.2. The lowest BCUT2D eigenvalue weighted by Gasteiger charge is -2.05. The second-order valence-electron chi connectivity index (χ2n) is 4.16. The molecule has 1 amide bonds. The van der Waals surface area contributed by atoms with E-state index in [0.717, 1.165) is 11.4 Å². The van der Waals surface area contributed by atoms with Gasteiger partial charge in [0.2, 0.25) is 0 Å². The molecule has 0 aliphatic heterocycles. The number of nitrogens with two attached hydrogens (primary N) is 1. The van der Waals surface area contributed by atoms with Gasteiger partial charge >= 0.3 is 0 Å². The number of thiazole rings is 1. The Morgan fingerprint density at radius 2 is 2.10 bits per heavy atom. The highest BCUT2D eigenvalue weighted by atomic mass is 32.1. The molecule has 21 heavy (non-hydrogen) atoms. The zero-order valence-electron chi connectivity index (χ0n) is 10.9. The van der Waals surface area contributed by atoms with E-state index in [-0.39, 0.29) is 0 Å². The fourth-order valence-electron chi connectivity index (χ4n) is 1.79. The van der Waals surface area contributed by atoms with Crippen LogP contribution < -0.4 is 11.1 Å². The van der Waals surface area contributed by atoms with E-state index < -0.39 is 5.91 Å². The van der Waals surface area contributed by atoms with Crippen molar-refractivity contribution >= 4 is 28.1 Å². The summed E-state index contributed by atoms with van der Waals surface area (Å²) in [5.41, 5.74) is 7.81. The van der Waals surface area contributed by atoms with Crippen molar-refractivity contribution < 1.29 is 4.79 Å². The van der Waals surface area contributed by atoms with Gasteiger partial charge in [-0.25, -0.2) is 4.98 Å². The van der Waals surface area contributed by atoms with Gasteiger partial charge < -0.3 is 11.1 Å². The smallest absolute Gasteiger partial charge is 0.250 e. The molecule has 0 radical (unpaired) electrons. The van der Waals surface area contributed by atoms with Crippen LogP contribution in [0.25, 0.3) is 11.4 Å². The van der Waals surface area contributed by atoms with Crippen LogP contribution in [0.4, 0.5) is 10.8 Å². The van der Waals surface area contributed by atoms with Gasteiger partial charge in [0, 0.05) is 17.8 Å². The van der Waals surface area contributed by atoms with Crippen molar-refractivity contribution in [2.45, 2.75) is 0 Å². The van der Waals surface area contributed by atoms with Crippen LogP contribution in [0.3, 0.4) is 0 Å². The lowest BCUT2D eigenvalue weighted by Crippen LogP contribution is -2.13. The van der Waals surface area contributed by atoms with E-state index in [1.165, 1.54) is 17.5 Å². The molecule has 6 nitrogen and oxygen atoms in total. The molecule has 0 fully saturated rings. The highest BCUT2D eigenvalue weighted by Crippen LogP contribution is 2.26. The molecule has 3 heterocycles. The van der Waals surface area contributed by atoms with Crippen molar-refractivity contribution in [1.82, 2.24) is 15.0 Å². The van der Waals surface area contributed by atoms with E-state index in [0.29, 0.717) is 16.4 Å². The summed E-state index contributed by atoms with van der Waals surface area (Å²) in [7, 11) is 0. The Kier molecular flexibility index (Phi) is 3.57. The van der Waals surface area contributed by atoms with Crippen LogP contribution in [0.5, 0.6) is 0 Å². The number of hydrogen-bond donors (Lipinski definition) is 2. The van der Waals surface area contributed by atoms with E-state index in [9.17, 15) is 4.79 Å². The van der Waals surface area contributed by atoms with Crippen molar-refractivity contribution in [2.75, 3.05) is 5.32 Å². The Morgan fingerprint density at radius 3 is 2.86 bits per heavy atom. The lowest BCUT2D eigenvalue weighted by molar-refractivity contribution is 0.100. The molecule has 3 N–H and O–H groups in total. The Morgan fingerprint density at radius 1 is 1.19 bits per heavy atom. The molecule has 0 aliphatic rings. The van der Waals surface area contributed by atoms with Gasteiger partial charge in [-0.05, 0) is 18.2 Å². The van der Waals surface area contributed by atoms with Crippen molar-refractivity contribution in [3.63, 3.8) is 0 Å². The van der Waals surface area contributed by atoms with Gasteiger partial charge in [0.25, 0.3) is 5.91 Å². The summed E-state index contributed by atoms with van der Waals surface area (Å²) in [5, 5.41) is 5.60. The van der Waals surface area contributed by atoms with Crippen LogP contribution >= 0.6 is 11.3 Å². The average Bonchev–Trinajstić information content (AvgIpc) is 2.97. The maximum atomic E-state index is 11.4. The third kappa shape index (κ3) is 2.87. The molecule has 0 saturated heterocycles. The van der Waals surface area contributed by atoms with E-state index in [1.54, 1.807) is 18.5 Å². The Labute approximate surface area is 124 Å². The Balaban J connectivity index is 1.87. The molecular formula is C14H11N5OS. The van der Waals surface area contributed by atoms with Crippen LogP contribution in [-0.4, -0.2) is 20.9 Å². The highest BCUT2D eigenvalue weighted by Gasteiger charge is 2.10. The molecule has 7 heteroatoms. The van der Waals surface area contributed by atoms with E-state index in [4.69, 9.17) is 5.73 Å². The number of primary amides is 1. The fourth-order valence-corrected chi connectivity index (χ4v) is 2.50. The minimum Gasteiger partial charge on any atom is -0.366 e. The van der Waals surface area contributed by atoms with Crippen molar-refractivity contribution in [3.05, 3.63) is 53.8 Å². The van der Waals surface area contributed by atoms with E-state index in [2.05, 4.69) is 20.3 Å². The van der Waals surface area contributed by atoms with Crippen LogP contribution in [0.15, 0.2) is 48.2 Å². The monoisotopic (exact) mass is 297 g/mol. The Bertz CT molecular complexity index is 772. The van der Waals surface area contributed by atoms with Crippen LogP contribution in [0.2, 0.25) is 0 Å². The normalized spacial score (nSPS) is 10.3. The van der Waals surface area contributed by atoms with Gasteiger partial charge in [0.1, 0.15) is 5.69 Å². The maximum absolute atomic E-state index is 11.4. The first-order valence-corrected chi connectivity index (χ1v) is 7.00. The standard InChI is InChI=1S/C14H11N5OS/c15-13(20)9-4-6-16-7-11(9)18-14-19-12(8-21-14)10-3-1-2-5-17-10/h1-8H,(H2,15,20)(H,18,19). The number of anilines is 2. The van der Waals surface area contributed by atoms with Crippen LogP contribution in [0, 0.1) is 0 Å². The molecule has 3 aromatic heterocycles. The number of carbonyl (C=O) groups excluding carboxylic acids is 1. The highest BCUT2D eigenvalue weighted by molar-refractivity contribution is 7.14. The summed E-state index contributed by atoms with van der Waals surface area (Å²) in [4.78, 5) is 24.0. The minimum atomic E-state index is -0.513.